The Labute approximate surface area is 107 Å². The van der Waals surface area contributed by atoms with Crippen LogP contribution in [0.25, 0.3) is 5.76 Å². The number of hydrogen-bond donors (Lipinski definition) is 0. The fourth-order valence-electron chi connectivity index (χ4n) is 1.52. The lowest BCUT2D eigenvalue weighted by Gasteiger charge is -2.19. The van der Waals surface area contributed by atoms with Gasteiger partial charge in [0, 0.05) is 0 Å². The Morgan fingerprint density at radius 1 is 1.32 bits per heavy atom. The molecule has 0 aromatic heterocycles. The Balaban J connectivity index is 2.39. The molecule has 0 N–H and O–H groups in total. The molecule has 0 amide bonds. The van der Waals surface area contributed by atoms with Crippen LogP contribution < -0.4 is 4.74 Å². The van der Waals surface area contributed by atoms with Crippen molar-refractivity contribution in [1.82, 2.24) is 0 Å². The first kappa shape index (κ1) is 13.7. The van der Waals surface area contributed by atoms with E-state index in [2.05, 4.69) is 4.18 Å². The molecule has 19 heavy (non-hydrogen) atoms. The highest BCUT2D eigenvalue weighted by Gasteiger charge is 2.49. The standard InChI is InChI=1S/C11H9F3O4S/c1-7-2-3-9-8(6-7)10(4-5-17-9)18-19(15,16)11(12,13)14/h2-4,6H,5H2,1H3. The lowest BCUT2D eigenvalue weighted by Crippen LogP contribution is -2.25. The molecule has 0 saturated heterocycles. The summed E-state index contributed by atoms with van der Waals surface area (Å²) in [6.45, 7) is 1.66. The average Bonchev–Trinajstić information content (AvgIpc) is 2.28. The van der Waals surface area contributed by atoms with Crippen LogP contribution in [0.3, 0.4) is 0 Å². The number of ether oxygens (including phenoxy) is 1. The van der Waals surface area contributed by atoms with Gasteiger partial charge in [0.15, 0.2) is 5.76 Å². The quantitative estimate of drug-likeness (QED) is 0.621. The average molecular weight is 294 g/mol. The molecule has 104 valence electrons. The predicted octanol–water partition coefficient (Wildman–Crippen LogP) is 2.59. The molecule has 0 unspecified atom stereocenters. The van der Waals surface area contributed by atoms with Crippen molar-refractivity contribution in [1.29, 1.82) is 0 Å². The van der Waals surface area contributed by atoms with Crippen LogP contribution >= 0.6 is 0 Å². The van der Waals surface area contributed by atoms with Gasteiger partial charge in [-0.2, -0.15) is 21.6 Å². The molecule has 0 saturated carbocycles. The van der Waals surface area contributed by atoms with E-state index in [1.54, 1.807) is 19.1 Å². The van der Waals surface area contributed by atoms with Gasteiger partial charge in [-0.1, -0.05) is 11.6 Å². The molecule has 2 rings (SSSR count). The van der Waals surface area contributed by atoms with Crippen molar-refractivity contribution in [3.05, 3.63) is 35.4 Å². The molecule has 8 heteroatoms. The van der Waals surface area contributed by atoms with Gasteiger partial charge in [0.2, 0.25) is 0 Å². The third kappa shape index (κ3) is 2.67. The maximum atomic E-state index is 12.3. The molecule has 4 nitrogen and oxygen atoms in total. The minimum Gasteiger partial charge on any atom is -0.489 e. The summed E-state index contributed by atoms with van der Waals surface area (Å²) >= 11 is 0. The second-order valence-corrected chi connectivity index (χ2v) is 5.40. The van der Waals surface area contributed by atoms with Crippen molar-refractivity contribution < 1.29 is 30.5 Å². The number of hydrogen-bond acceptors (Lipinski definition) is 4. The van der Waals surface area contributed by atoms with E-state index < -0.39 is 15.6 Å². The number of alkyl halides is 3. The van der Waals surface area contributed by atoms with Crippen molar-refractivity contribution in [2.45, 2.75) is 12.4 Å². The van der Waals surface area contributed by atoms with Crippen molar-refractivity contribution in [3.63, 3.8) is 0 Å². The number of aryl methyl sites for hydroxylation is 1. The monoisotopic (exact) mass is 294 g/mol. The topological polar surface area (TPSA) is 52.6 Å². The Bertz CT molecular complexity index is 632. The first-order valence-electron chi connectivity index (χ1n) is 5.15. The minimum absolute atomic E-state index is 0.0568. The maximum absolute atomic E-state index is 12.3. The number of rotatable bonds is 2. The highest BCUT2D eigenvalue weighted by atomic mass is 32.2. The van der Waals surface area contributed by atoms with E-state index in [1.165, 1.54) is 6.07 Å². The van der Waals surface area contributed by atoms with Crippen LogP contribution in [0.15, 0.2) is 24.3 Å². The molecule has 0 spiro atoms. The van der Waals surface area contributed by atoms with Crippen LogP contribution in [0, 0.1) is 6.92 Å². The highest BCUT2D eigenvalue weighted by Crippen LogP contribution is 2.35. The van der Waals surface area contributed by atoms with E-state index in [4.69, 9.17) is 4.74 Å². The van der Waals surface area contributed by atoms with Crippen LogP contribution in [0.2, 0.25) is 0 Å². The number of benzene rings is 1. The predicted molar refractivity (Wildman–Crippen MR) is 60.7 cm³/mol. The summed E-state index contributed by atoms with van der Waals surface area (Å²) in [6, 6.07) is 4.73. The van der Waals surface area contributed by atoms with Gasteiger partial charge in [-0.15, -0.1) is 0 Å². The lowest BCUT2D eigenvalue weighted by atomic mass is 10.1. The van der Waals surface area contributed by atoms with Crippen molar-refractivity contribution in [2.24, 2.45) is 0 Å². The molecular weight excluding hydrogens is 285 g/mol. The van der Waals surface area contributed by atoms with Crippen molar-refractivity contribution in [3.8, 4) is 5.75 Å². The molecule has 1 aliphatic rings. The smallest absolute Gasteiger partial charge is 0.489 e. The summed E-state index contributed by atoms with van der Waals surface area (Å²) in [7, 11) is -5.68. The van der Waals surface area contributed by atoms with E-state index in [0.717, 1.165) is 11.6 Å². The third-order valence-electron chi connectivity index (χ3n) is 2.39. The van der Waals surface area contributed by atoms with E-state index in [0.29, 0.717) is 0 Å². The van der Waals surface area contributed by atoms with Gasteiger partial charge >= 0.3 is 15.6 Å². The normalized spacial score (nSPS) is 15.3. The summed E-state index contributed by atoms with van der Waals surface area (Å²) in [6.07, 6.45) is 1.14. The summed E-state index contributed by atoms with van der Waals surface area (Å²) in [5.74, 6) is -0.0947. The number of fused-ring (bicyclic) bond motifs is 1. The van der Waals surface area contributed by atoms with Gasteiger partial charge in [-0.25, -0.2) is 0 Å². The van der Waals surface area contributed by atoms with Crippen LogP contribution in [-0.2, 0) is 14.3 Å². The van der Waals surface area contributed by atoms with E-state index in [-0.39, 0.29) is 23.7 Å². The number of halogens is 3. The first-order chi connectivity index (χ1) is 8.71. The SMILES string of the molecule is Cc1ccc2c(c1)C(OS(=O)(=O)C(F)(F)F)=CCO2. The molecule has 0 fully saturated rings. The van der Waals surface area contributed by atoms with Gasteiger partial charge in [0.1, 0.15) is 12.4 Å². The first-order valence-corrected chi connectivity index (χ1v) is 6.56. The second kappa shape index (κ2) is 4.44. The van der Waals surface area contributed by atoms with E-state index >= 15 is 0 Å². The fourth-order valence-corrected chi connectivity index (χ4v) is 2.01. The van der Waals surface area contributed by atoms with Crippen LogP contribution in [0.1, 0.15) is 11.1 Å². The maximum Gasteiger partial charge on any atom is 0.534 e. The molecule has 1 heterocycles. The van der Waals surface area contributed by atoms with E-state index in [9.17, 15) is 21.6 Å². The Morgan fingerprint density at radius 3 is 2.63 bits per heavy atom. The Kier molecular flexibility index (Phi) is 3.21. The van der Waals surface area contributed by atoms with Gasteiger partial charge in [-0.05, 0) is 25.1 Å². The molecule has 0 atom stereocenters. The third-order valence-corrected chi connectivity index (χ3v) is 3.36. The zero-order valence-corrected chi connectivity index (χ0v) is 10.5. The van der Waals surface area contributed by atoms with Crippen LogP contribution in [-0.4, -0.2) is 20.5 Å². The molecule has 0 bridgehead atoms. The van der Waals surface area contributed by atoms with Gasteiger partial charge in [0.05, 0.1) is 5.56 Å². The van der Waals surface area contributed by atoms with Gasteiger partial charge in [0.25, 0.3) is 0 Å². The summed E-state index contributed by atoms with van der Waals surface area (Å²) in [5, 5.41) is 0. The second-order valence-electron chi connectivity index (χ2n) is 3.86. The summed E-state index contributed by atoms with van der Waals surface area (Å²) < 4.78 is 68.1. The van der Waals surface area contributed by atoms with Gasteiger partial charge < -0.3 is 8.92 Å². The highest BCUT2D eigenvalue weighted by molar-refractivity contribution is 7.87. The Hall–Kier alpha value is -1.70. The molecule has 1 aromatic carbocycles. The van der Waals surface area contributed by atoms with Crippen LogP contribution in [0.5, 0.6) is 5.75 Å². The van der Waals surface area contributed by atoms with Crippen molar-refractivity contribution >= 4 is 15.9 Å². The fraction of sp³-hybridized carbons (Fsp3) is 0.273. The summed E-state index contributed by atoms with van der Waals surface area (Å²) in [5.41, 5.74) is -4.54. The molecule has 1 aromatic rings. The molecule has 0 aliphatic carbocycles. The Morgan fingerprint density at radius 2 is 2.00 bits per heavy atom. The van der Waals surface area contributed by atoms with Crippen molar-refractivity contribution in [2.75, 3.05) is 6.61 Å². The zero-order valence-electron chi connectivity index (χ0n) is 9.69. The molecule has 1 aliphatic heterocycles. The van der Waals surface area contributed by atoms with Crippen LogP contribution in [0.4, 0.5) is 13.2 Å². The minimum atomic E-state index is -5.68. The summed E-state index contributed by atoms with van der Waals surface area (Å²) in [4.78, 5) is 0. The lowest BCUT2D eigenvalue weighted by molar-refractivity contribution is -0.0509. The van der Waals surface area contributed by atoms with E-state index in [1.807, 2.05) is 0 Å². The van der Waals surface area contributed by atoms with Gasteiger partial charge in [-0.3, -0.25) is 0 Å². The largest absolute Gasteiger partial charge is 0.534 e. The molecular formula is C11H9F3O4S. The molecule has 0 radical (unpaired) electrons. The zero-order chi connectivity index (χ0) is 14.3.